The molecule has 0 bridgehead atoms. The number of hydrogen-bond donors (Lipinski definition) is 1. The topological polar surface area (TPSA) is 75.7 Å². The van der Waals surface area contributed by atoms with Gasteiger partial charge in [-0.1, -0.05) is 53.8 Å². The number of carbonyl (C=O) groups is 3. The van der Waals surface area contributed by atoms with E-state index >= 15 is 0 Å². The van der Waals surface area contributed by atoms with Crippen LogP contribution in [0.15, 0.2) is 29.2 Å². The van der Waals surface area contributed by atoms with Gasteiger partial charge >= 0.3 is 5.97 Å². The molecule has 2 aliphatic rings. The van der Waals surface area contributed by atoms with E-state index in [0.717, 1.165) is 41.7 Å². The van der Waals surface area contributed by atoms with E-state index in [4.69, 9.17) is 28.6 Å². The van der Waals surface area contributed by atoms with Gasteiger partial charge in [-0.25, -0.2) is 4.79 Å². The van der Waals surface area contributed by atoms with Gasteiger partial charge in [-0.05, 0) is 62.3 Å². The summed E-state index contributed by atoms with van der Waals surface area (Å²) in [6.07, 6.45) is 6.23. The maximum Gasteiger partial charge on any atom is 0.341 e. The molecule has 0 unspecified atom stereocenters. The lowest BCUT2D eigenvalue weighted by Gasteiger charge is -2.14. The lowest BCUT2D eigenvalue weighted by atomic mass is 9.95. The molecule has 1 fully saturated rings. The van der Waals surface area contributed by atoms with Crippen LogP contribution in [0.3, 0.4) is 0 Å². The summed E-state index contributed by atoms with van der Waals surface area (Å²) in [5, 5.41) is 4.04. The number of fused-ring (bicyclic) bond motifs is 1. The van der Waals surface area contributed by atoms with E-state index in [9.17, 15) is 14.4 Å². The first-order chi connectivity index (χ1) is 16.9. The van der Waals surface area contributed by atoms with Crippen LogP contribution in [0.25, 0.3) is 6.08 Å². The highest BCUT2D eigenvalue weighted by atomic mass is 35.5. The van der Waals surface area contributed by atoms with Gasteiger partial charge in [0.25, 0.3) is 5.91 Å². The fraction of sp³-hybridized carbons (Fsp3) is 0.360. The van der Waals surface area contributed by atoms with Crippen LogP contribution in [0.2, 0.25) is 5.02 Å². The zero-order chi connectivity index (χ0) is 24.9. The summed E-state index contributed by atoms with van der Waals surface area (Å²) in [4.78, 5) is 41.3. The van der Waals surface area contributed by atoms with Crippen molar-refractivity contribution in [3.63, 3.8) is 0 Å². The molecule has 0 radical (unpaired) electrons. The largest absolute Gasteiger partial charge is 0.462 e. The fourth-order valence-electron chi connectivity index (χ4n) is 4.09. The monoisotopic (exact) mass is 548 g/mol. The normalized spacial score (nSPS) is 16.5. The Bertz CT molecular complexity index is 1210. The highest BCUT2D eigenvalue weighted by Gasteiger charge is 2.32. The number of amides is 2. The minimum atomic E-state index is -0.384. The van der Waals surface area contributed by atoms with E-state index in [0.29, 0.717) is 37.8 Å². The molecule has 1 N–H and O–H groups in total. The number of halogens is 1. The molecule has 35 heavy (non-hydrogen) atoms. The van der Waals surface area contributed by atoms with Gasteiger partial charge in [-0.2, -0.15) is 0 Å². The lowest BCUT2D eigenvalue weighted by molar-refractivity contribution is -0.122. The summed E-state index contributed by atoms with van der Waals surface area (Å²) in [6, 6.07) is 7.29. The number of benzene rings is 1. The van der Waals surface area contributed by atoms with Crippen LogP contribution in [-0.2, 0) is 27.2 Å². The highest BCUT2D eigenvalue weighted by molar-refractivity contribution is 8.26. The molecular weight excluding hydrogens is 524 g/mol. The average Bonchev–Trinajstić information content (AvgIpc) is 3.32. The number of carbonyl (C=O) groups excluding carboxylic acids is 3. The van der Waals surface area contributed by atoms with E-state index in [1.54, 1.807) is 19.1 Å². The molecule has 4 rings (SSSR count). The van der Waals surface area contributed by atoms with E-state index < -0.39 is 0 Å². The van der Waals surface area contributed by atoms with Crippen molar-refractivity contribution in [2.24, 2.45) is 0 Å². The minimum Gasteiger partial charge on any atom is -0.462 e. The number of ether oxygens (including phenoxy) is 1. The Morgan fingerprint density at radius 2 is 2.03 bits per heavy atom. The molecular formula is C25H25ClN2O4S3. The lowest BCUT2D eigenvalue weighted by Crippen LogP contribution is -2.29. The Labute approximate surface area is 223 Å². The fourth-order valence-corrected chi connectivity index (χ4v) is 6.87. The SMILES string of the molecule is CCOC(=O)c1c(NC(=O)CCCN2C(=O)/C(=C/c3ccccc3Cl)SC2=S)sc2c1CCCC2. The van der Waals surface area contributed by atoms with Crippen molar-refractivity contribution >= 4 is 80.1 Å². The number of thiophene rings is 1. The van der Waals surface area contributed by atoms with Gasteiger partial charge in [0.1, 0.15) is 9.32 Å². The number of rotatable bonds is 8. The second kappa shape index (κ2) is 11.7. The van der Waals surface area contributed by atoms with Crippen LogP contribution in [0.4, 0.5) is 5.00 Å². The molecule has 0 saturated carbocycles. The van der Waals surface area contributed by atoms with Crippen LogP contribution in [0.1, 0.15) is 59.0 Å². The Kier molecular flexibility index (Phi) is 8.64. The first-order valence-electron chi connectivity index (χ1n) is 11.5. The van der Waals surface area contributed by atoms with Gasteiger partial charge in [-0.15, -0.1) is 11.3 Å². The summed E-state index contributed by atoms with van der Waals surface area (Å²) < 4.78 is 5.71. The van der Waals surface area contributed by atoms with Crippen molar-refractivity contribution in [3.05, 3.63) is 55.8 Å². The van der Waals surface area contributed by atoms with Crippen LogP contribution in [-0.4, -0.2) is 40.2 Å². The molecule has 1 aliphatic heterocycles. The number of esters is 1. The molecule has 1 aromatic heterocycles. The highest BCUT2D eigenvalue weighted by Crippen LogP contribution is 2.39. The van der Waals surface area contributed by atoms with E-state index in [1.807, 2.05) is 18.2 Å². The maximum absolute atomic E-state index is 12.8. The number of nitrogens with zero attached hydrogens (tertiary/aromatic N) is 1. The van der Waals surface area contributed by atoms with Gasteiger partial charge in [0, 0.05) is 22.9 Å². The van der Waals surface area contributed by atoms with Gasteiger partial charge in [0.2, 0.25) is 5.91 Å². The third-order valence-electron chi connectivity index (χ3n) is 5.75. The molecule has 0 atom stereocenters. The van der Waals surface area contributed by atoms with Crippen LogP contribution < -0.4 is 5.32 Å². The minimum absolute atomic E-state index is 0.184. The van der Waals surface area contributed by atoms with Crippen LogP contribution in [0, 0.1) is 0 Å². The van der Waals surface area contributed by atoms with Crippen molar-refractivity contribution in [1.82, 2.24) is 4.90 Å². The first-order valence-corrected chi connectivity index (χ1v) is 13.9. The molecule has 0 spiro atoms. The maximum atomic E-state index is 12.8. The van der Waals surface area contributed by atoms with Crippen molar-refractivity contribution in [2.75, 3.05) is 18.5 Å². The number of aryl methyl sites for hydroxylation is 1. The zero-order valence-corrected chi connectivity index (χ0v) is 22.4. The second-order valence-corrected chi connectivity index (χ2v) is 11.3. The Morgan fingerprint density at radius 1 is 1.26 bits per heavy atom. The van der Waals surface area contributed by atoms with Crippen molar-refractivity contribution < 1.29 is 19.1 Å². The summed E-state index contributed by atoms with van der Waals surface area (Å²) >= 11 is 14.3. The third-order valence-corrected chi connectivity index (χ3v) is 8.68. The van der Waals surface area contributed by atoms with Gasteiger partial charge in [-0.3, -0.25) is 14.5 Å². The number of thiocarbonyl (C=S) groups is 1. The molecule has 1 saturated heterocycles. The predicted octanol–water partition coefficient (Wildman–Crippen LogP) is 6.08. The van der Waals surface area contributed by atoms with E-state index in [2.05, 4.69) is 5.32 Å². The molecule has 2 aromatic rings. The van der Waals surface area contributed by atoms with Crippen molar-refractivity contribution in [3.8, 4) is 0 Å². The quantitative estimate of drug-likeness (QED) is 0.245. The summed E-state index contributed by atoms with van der Waals surface area (Å²) in [5.41, 5.74) is 2.27. The van der Waals surface area contributed by atoms with Gasteiger partial charge in [0.15, 0.2) is 0 Å². The smallest absolute Gasteiger partial charge is 0.341 e. The number of anilines is 1. The Balaban J connectivity index is 1.36. The second-order valence-electron chi connectivity index (χ2n) is 8.14. The molecule has 2 heterocycles. The van der Waals surface area contributed by atoms with E-state index in [-0.39, 0.29) is 30.8 Å². The van der Waals surface area contributed by atoms with Crippen molar-refractivity contribution in [1.29, 1.82) is 0 Å². The predicted molar refractivity (Wildman–Crippen MR) is 146 cm³/mol. The molecule has 6 nitrogen and oxygen atoms in total. The van der Waals surface area contributed by atoms with E-state index in [1.165, 1.54) is 28.0 Å². The molecule has 1 aromatic carbocycles. The van der Waals surface area contributed by atoms with Crippen molar-refractivity contribution in [2.45, 2.75) is 45.4 Å². The van der Waals surface area contributed by atoms with Crippen LogP contribution >= 0.6 is 46.9 Å². The molecule has 2 amide bonds. The Morgan fingerprint density at radius 3 is 2.80 bits per heavy atom. The number of hydrogen-bond acceptors (Lipinski definition) is 7. The average molecular weight is 549 g/mol. The third kappa shape index (κ3) is 5.97. The summed E-state index contributed by atoms with van der Waals surface area (Å²) in [6.45, 7) is 2.39. The zero-order valence-electron chi connectivity index (χ0n) is 19.2. The molecule has 184 valence electrons. The number of nitrogens with one attached hydrogen (secondary N) is 1. The Hall–Kier alpha value is -2.20. The van der Waals surface area contributed by atoms with Crippen LogP contribution in [0.5, 0.6) is 0 Å². The molecule has 1 aliphatic carbocycles. The standard InChI is InChI=1S/C25H25ClN2O4S3/c1-2-32-24(31)21-16-9-4-6-11-18(16)34-22(21)27-20(29)12-7-13-28-23(30)19(35-25(28)33)14-15-8-3-5-10-17(15)26/h3,5,8,10,14H,2,4,6-7,9,11-13H2,1H3,(H,27,29)/b19-14-. The summed E-state index contributed by atoms with van der Waals surface area (Å²) in [5.74, 6) is -0.771. The van der Waals surface area contributed by atoms with Gasteiger partial charge < -0.3 is 10.1 Å². The van der Waals surface area contributed by atoms with Gasteiger partial charge in [0.05, 0.1) is 17.1 Å². The molecule has 10 heteroatoms. The summed E-state index contributed by atoms with van der Waals surface area (Å²) in [7, 11) is 0. The first kappa shape index (κ1) is 25.9. The number of thioether (sulfide) groups is 1.